The van der Waals surface area contributed by atoms with Gasteiger partial charge in [0.1, 0.15) is 6.61 Å². The zero-order chi connectivity index (χ0) is 33.4. The van der Waals surface area contributed by atoms with Gasteiger partial charge in [-0.05, 0) is 44.9 Å². The fourth-order valence-corrected chi connectivity index (χ4v) is 4.69. The number of phosphoric ester groups is 1. The van der Waals surface area contributed by atoms with Crippen LogP contribution >= 0.6 is 7.82 Å². The van der Waals surface area contributed by atoms with Crippen molar-refractivity contribution in [3.05, 3.63) is 48.6 Å². The summed E-state index contributed by atoms with van der Waals surface area (Å²) in [5, 5.41) is 9.96. The molecule has 0 heterocycles. The van der Waals surface area contributed by atoms with Crippen molar-refractivity contribution >= 4 is 19.8 Å². The molecule has 2 atom stereocenters. The Bertz CT molecular complexity index is 892. The van der Waals surface area contributed by atoms with Crippen LogP contribution in [-0.2, 0) is 28.2 Å². The van der Waals surface area contributed by atoms with Gasteiger partial charge in [-0.2, -0.15) is 0 Å². The number of rotatable bonds is 30. The SMILES string of the molecule is CCCCC/C=C\C[C@@H](O)/C=C/C=C\C/C=C\CCCC(=O)OC[C@H](COP(=O)(O)O)OC(=O)CCCCCCCCCCC. The summed E-state index contributed by atoms with van der Waals surface area (Å²) in [7, 11) is -4.77. The van der Waals surface area contributed by atoms with Crippen molar-refractivity contribution in [3.8, 4) is 0 Å². The number of carbonyl (C=O) groups excluding carboxylic acids is 2. The quantitative estimate of drug-likeness (QED) is 0.0228. The second-order valence-electron chi connectivity index (χ2n) is 11.3. The lowest BCUT2D eigenvalue weighted by molar-refractivity contribution is -0.161. The first-order valence-electron chi connectivity index (χ1n) is 17.0. The van der Waals surface area contributed by atoms with Crippen molar-refractivity contribution in [3.63, 3.8) is 0 Å². The van der Waals surface area contributed by atoms with Crippen molar-refractivity contribution in [2.24, 2.45) is 0 Å². The molecular weight excluding hydrogens is 595 g/mol. The van der Waals surface area contributed by atoms with Crippen molar-refractivity contribution in [1.82, 2.24) is 0 Å². The topological polar surface area (TPSA) is 140 Å². The maximum absolute atomic E-state index is 12.2. The molecule has 0 aromatic rings. The van der Waals surface area contributed by atoms with E-state index in [1.165, 1.54) is 51.4 Å². The maximum Gasteiger partial charge on any atom is 0.469 e. The van der Waals surface area contributed by atoms with E-state index >= 15 is 0 Å². The molecule has 0 aromatic carbocycles. The fourth-order valence-electron chi connectivity index (χ4n) is 4.33. The van der Waals surface area contributed by atoms with Crippen LogP contribution in [0.15, 0.2) is 48.6 Å². The molecule has 0 aliphatic rings. The van der Waals surface area contributed by atoms with Crippen molar-refractivity contribution in [1.29, 1.82) is 0 Å². The van der Waals surface area contributed by atoms with Gasteiger partial charge in [-0.3, -0.25) is 14.1 Å². The van der Waals surface area contributed by atoms with Crippen LogP contribution in [0, 0.1) is 0 Å². The number of ether oxygens (including phenoxy) is 2. The molecule has 45 heavy (non-hydrogen) atoms. The Labute approximate surface area is 272 Å². The normalized spacial score (nSPS) is 13.8. The van der Waals surface area contributed by atoms with Gasteiger partial charge in [0.25, 0.3) is 0 Å². The minimum absolute atomic E-state index is 0.159. The molecule has 0 aromatic heterocycles. The molecule has 9 nitrogen and oxygen atoms in total. The molecule has 0 rings (SSSR count). The Kier molecular flexibility index (Phi) is 29.2. The van der Waals surface area contributed by atoms with E-state index in [-0.39, 0.29) is 19.4 Å². The Morgan fingerprint density at radius 1 is 0.689 bits per heavy atom. The van der Waals surface area contributed by atoms with Crippen LogP contribution < -0.4 is 0 Å². The monoisotopic (exact) mass is 656 g/mol. The van der Waals surface area contributed by atoms with Gasteiger partial charge < -0.3 is 24.4 Å². The first-order valence-corrected chi connectivity index (χ1v) is 18.6. The van der Waals surface area contributed by atoms with Gasteiger partial charge in [-0.25, -0.2) is 4.57 Å². The van der Waals surface area contributed by atoms with Gasteiger partial charge in [0.2, 0.25) is 0 Å². The molecule has 0 radical (unpaired) electrons. The molecule has 0 spiro atoms. The summed E-state index contributed by atoms with van der Waals surface area (Å²) >= 11 is 0. The smallest absolute Gasteiger partial charge is 0.462 e. The Morgan fingerprint density at radius 3 is 1.98 bits per heavy atom. The molecule has 260 valence electrons. The standard InChI is InChI=1S/C35H61O9P/c1-3-5-7-9-11-12-17-21-25-29-35(38)44-33(31-43-45(39,40)41)30-42-34(37)28-24-20-16-14-13-15-19-23-27-32(36)26-22-18-10-8-6-4-2/h14-16,18-19,22-23,27,32-33,36H,3-13,17,20-21,24-26,28-31H2,1-2H3,(H2,39,40,41)/b16-14-,19-15-,22-18-,27-23+/t32-,33-/m1/s1. The lowest BCUT2D eigenvalue weighted by Crippen LogP contribution is -2.29. The van der Waals surface area contributed by atoms with Crippen molar-refractivity contribution < 1.29 is 43.0 Å². The van der Waals surface area contributed by atoms with E-state index in [1.807, 2.05) is 36.5 Å². The minimum atomic E-state index is -4.77. The Morgan fingerprint density at radius 2 is 1.29 bits per heavy atom. The summed E-state index contributed by atoms with van der Waals surface area (Å²) in [5.41, 5.74) is 0. The second kappa shape index (κ2) is 30.6. The Balaban J connectivity index is 4.19. The maximum atomic E-state index is 12.2. The first-order chi connectivity index (χ1) is 21.7. The van der Waals surface area contributed by atoms with E-state index in [4.69, 9.17) is 19.3 Å². The van der Waals surface area contributed by atoms with Crippen LogP contribution in [0.5, 0.6) is 0 Å². The van der Waals surface area contributed by atoms with Gasteiger partial charge in [0, 0.05) is 12.8 Å². The molecule has 3 N–H and O–H groups in total. The number of aliphatic hydroxyl groups is 1. The van der Waals surface area contributed by atoms with E-state index in [0.717, 1.165) is 32.1 Å². The van der Waals surface area contributed by atoms with Gasteiger partial charge in [0.05, 0.1) is 12.7 Å². The van der Waals surface area contributed by atoms with Crippen LogP contribution in [-0.4, -0.2) is 52.3 Å². The fraction of sp³-hybridized carbons (Fsp3) is 0.714. The summed E-state index contributed by atoms with van der Waals surface area (Å²) in [6.45, 7) is 3.47. The number of esters is 2. The summed E-state index contributed by atoms with van der Waals surface area (Å²) in [4.78, 5) is 42.4. The van der Waals surface area contributed by atoms with Crippen molar-refractivity contribution in [2.45, 2.75) is 148 Å². The van der Waals surface area contributed by atoms with Gasteiger partial charge in [0.15, 0.2) is 6.10 Å². The Hall–Kier alpha value is -2.03. The average molecular weight is 657 g/mol. The summed E-state index contributed by atoms with van der Waals surface area (Å²) in [6, 6.07) is 0. The van der Waals surface area contributed by atoms with Crippen molar-refractivity contribution in [2.75, 3.05) is 13.2 Å². The first kappa shape index (κ1) is 43.0. The third-order valence-electron chi connectivity index (χ3n) is 6.93. The summed E-state index contributed by atoms with van der Waals surface area (Å²) in [5.74, 6) is -0.997. The lowest BCUT2D eigenvalue weighted by Gasteiger charge is -2.18. The number of unbranched alkanes of at least 4 members (excludes halogenated alkanes) is 12. The zero-order valence-corrected chi connectivity index (χ0v) is 28.8. The van der Waals surface area contributed by atoms with Crippen LogP contribution in [0.4, 0.5) is 0 Å². The van der Waals surface area contributed by atoms with E-state index in [2.05, 4.69) is 24.4 Å². The molecule has 0 aliphatic carbocycles. The highest BCUT2D eigenvalue weighted by Crippen LogP contribution is 2.35. The predicted molar refractivity (Wildman–Crippen MR) is 180 cm³/mol. The van der Waals surface area contributed by atoms with E-state index in [9.17, 15) is 19.3 Å². The van der Waals surface area contributed by atoms with Crippen LogP contribution in [0.1, 0.15) is 136 Å². The average Bonchev–Trinajstić information content (AvgIpc) is 2.99. The second-order valence-corrected chi connectivity index (χ2v) is 12.6. The largest absolute Gasteiger partial charge is 0.469 e. The molecule has 0 aliphatic heterocycles. The summed E-state index contributed by atoms with van der Waals surface area (Å²) < 4.78 is 26.1. The third-order valence-corrected chi connectivity index (χ3v) is 7.42. The predicted octanol–water partition coefficient (Wildman–Crippen LogP) is 8.59. The molecule has 0 amide bonds. The number of carbonyl (C=O) groups is 2. The van der Waals surface area contributed by atoms with Gasteiger partial charge in [-0.15, -0.1) is 0 Å². The van der Waals surface area contributed by atoms with Crippen LogP contribution in [0.2, 0.25) is 0 Å². The highest BCUT2D eigenvalue weighted by atomic mass is 31.2. The number of aliphatic hydroxyl groups excluding tert-OH is 1. The lowest BCUT2D eigenvalue weighted by atomic mass is 10.1. The molecule has 0 saturated carbocycles. The zero-order valence-electron chi connectivity index (χ0n) is 27.9. The molecule has 0 fully saturated rings. The minimum Gasteiger partial charge on any atom is -0.462 e. The summed E-state index contributed by atoms with van der Waals surface area (Å²) in [6.07, 6.45) is 31.6. The molecule has 10 heteroatoms. The molecular formula is C35H61O9P. The highest BCUT2D eigenvalue weighted by Gasteiger charge is 2.22. The van der Waals surface area contributed by atoms with Gasteiger partial charge >= 0.3 is 19.8 Å². The molecule has 0 saturated heterocycles. The number of phosphoric acid groups is 1. The van der Waals surface area contributed by atoms with Gasteiger partial charge in [-0.1, -0.05) is 127 Å². The van der Waals surface area contributed by atoms with E-state index < -0.39 is 38.6 Å². The number of hydrogen-bond acceptors (Lipinski definition) is 7. The van der Waals surface area contributed by atoms with Crippen LogP contribution in [0.3, 0.4) is 0 Å². The highest BCUT2D eigenvalue weighted by molar-refractivity contribution is 7.46. The number of hydrogen-bond donors (Lipinski definition) is 3. The molecule has 0 unspecified atom stereocenters. The van der Waals surface area contributed by atoms with E-state index in [0.29, 0.717) is 25.7 Å². The number of allylic oxidation sites excluding steroid dienone is 6. The van der Waals surface area contributed by atoms with E-state index in [1.54, 1.807) is 6.08 Å². The molecule has 0 bridgehead atoms. The van der Waals surface area contributed by atoms with Crippen LogP contribution in [0.25, 0.3) is 0 Å². The third kappa shape index (κ3) is 33.2.